The van der Waals surface area contributed by atoms with Crippen molar-refractivity contribution in [1.82, 2.24) is 10.2 Å². The van der Waals surface area contributed by atoms with Crippen LogP contribution in [-0.2, 0) is 6.54 Å². The van der Waals surface area contributed by atoms with Crippen molar-refractivity contribution >= 4 is 5.82 Å². The molecule has 0 aliphatic rings. The summed E-state index contributed by atoms with van der Waals surface area (Å²) < 4.78 is 0. The van der Waals surface area contributed by atoms with Crippen molar-refractivity contribution in [2.75, 3.05) is 5.32 Å². The van der Waals surface area contributed by atoms with Crippen LogP contribution in [-0.4, -0.2) is 10.2 Å². The average Bonchev–Trinajstić information content (AvgIpc) is 2.39. The molecule has 4 heteroatoms. The molecule has 0 amide bonds. The molecule has 0 saturated heterocycles. The predicted octanol–water partition coefficient (Wildman–Crippen LogP) is 2.42. The number of anilines is 1. The average molecular weight is 242 g/mol. The van der Waals surface area contributed by atoms with E-state index in [9.17, 15) is 0 Å². The summed E-state index contributed by atoms with van der Waals surface area (Å²) in [5.74, 6) is 0.797. The van der Waals surface area contributed by atoms with Gasteiger partial charge >= 0.3 is 0 Å². The Labute approximate surface area is 107 Å². The van der Waals surface area contributed by atoms with Crippen molar-refractivity contribution < 1.29 is 0 Å². The van der Waals surface area contributed by atoms with Crippen LogP contribution in [0, 0.1) is 6.92 Å². The van der Waals surface area contributed by atoms with Crippen LogP contribution in [0.2, 0.25) is 0 Å². The molecule has 1 unspecified atom stereocenters. The standard InChI is InChI=1S/C14H18N4/c1-10-7-14(18-16-9-10)17-11(2)13-5-3-12(8-15)4-6-13/h3-7,9,11H,8,15H2,1-2H3,(H,17,18). The van der Waals surface area contributed by atoms with E-state index in [1.807, 2.05) is 13.0 Å². The van der Waals surface area contributed by atoms with E-state index >= 15 is 0 Å². The van der Waals surface area contributed by atoms with Crippen LogP contribution in [0.4, 0.5) is 5.82 Å². The SMILES string of the molecule is Cc1cnnc(NC(C)c2ccc(CN)cc2)c1. The van der Waals surface area contributed by atoms with Crippen LogP contribution in [0.3, 0.4) is 0 Å². The van der Waals surface area contributed by atoms with Crippen LogP contribution >= 0.6 is 0 Å². The molecule has 1 aromatic heterocycles. The Balaban J connectivity index is 2.09. The van der Waals surface area contributed by atoms with Crippen LogP contribution in [0.1, 0.15) is 29.7 Å². The molecule has 0 spiro atoms. The Kier molecular flexibility index (Phi) is 3.89. The van der Waals surface area contributed by atoms with Crippen LogP contribution in [0.5, 0.6) is 0 Å². The summed E-state index contributed by atoms with van der Waals surface area (Å²) in [5.41, 5.74) is 9.02. The number of nitrogens with one attached hydrogen (secondary N) is 1. The summed E-state index contributed by atoms with van der Waals surface area (Å²) in [6.45, 7) is 4.67. The van der Waals surface area contributed by atoms with E-state index in [4.69, 9.17) is 5.73 Å². The van der Waals surface area contributed by atoms with Gasteiger partial charge in [-0.05, 0) is 36.6 Å². The highest BCUT2D eigenvalue weighted by molar-refractivity contribution is 5.39. The van der Waals surface area contributed by atoms with Gasteiger partial charge in [0.25, 0.3) is 0 Å². The maximum atomic E-state index is 5.58. The second-order valence-electron chi connectivity index (χ2n) is 4.43. The minimum absolute atomic E-state index is 0.188. The highest BCUT2D eigenvalue weighted by Gasteiger charge is 2.06. The summed E-state index contributed by atoms with van der Waals surface area (Å²) in [6.07, 6.45) is 1.74. The highest BCUT2D eigenvalue weighted by Crippen LogP contribution is 2.18. The third-order valence-corrected chi connectivity index (χ3v) is 2.87. The minimum atomic E-state index is 0.188. The fourth-order valence-electron chi connectivity index (χ4n) is 1.78. The van der Waals surface area contributed by atoms with Gasteiger partial charge < -0.3 is 11.1 Å². The first-order valence-corrected chi connectivity index (χ1v) is 6.04. The van der Waals surface area contributed by atoms with E-state index < -0.39 is 0 Å². The van der Waals surface area contributed by atoms with Gasteiger partial charge in [-0.3, -0.25) is 0 Å². The molecule has 0 radical (unpaired) electrons. The number of hydrogen-bond donors (Lipinski definition) is 2. The van der Waals surface area contributed by atoms with E-state index in [1.54, 1.807) is 6.20 Å². The molecule has 0 bridgehead atoms. The lowest BCUT2D eigenvalue weighted by molar-refractivity contribution is 0.857. The Morgan fingerprint density at radius 3 is 2.61 bits per heavy atom. The summed E-state index contributed by atoms with van der Waals surface area (Å²) >= 11 is 0. The molecule has 0 aliphatic heterocycles. The van der Waals surface area contributed by atoms with E-state index in [2.05, 4.69) is 46.7 Å². The summed E-state index contributed by atoms with van der Waals surface area (Å²) in [6, 6.07) is 10.4. The van der Waals surface area contributed by atoms with E-state index in [0.717, 1.165) is 16.9 Å². The topological polar surface area (TPSA) is 63.8 Å². The molecule has 4 nitrogen and oxygen atoms in total. The van der Waals surface area contributed by atoms with Crippen molar-refractivity contribution in [3.63, 3.8) is 0 Å². The number of rotatable bonds is 4. The van der Waals surface area contributed by atoms with Crippen molar-refractivity contribution in [2.24, 2.45) is 5.73 Å². The van der Waals surface area contributed by atoms with Gasteiger partial charge in [-0.1, -0.05) is 24.3 Å². The second-order valence-corrected chi connectivity index (χ2v) is 4.43. The van der Waals surface area contributed by atoms with E-state index in [1.165, 1.54) is 5.56 Å². The molecule has 94 valence electrons. The van der Waals surface area contributed by atoms with Gasteiger partial charge in [0.15, 0.2) is 0 Å². The van der Waals surface area contributed by atoms with Gasteiger partial charge in [0.05, 0.1) is 6.20 Å². The fraction of sp³-hybridized carbons (Fsp3) is 0.286. The molecule has 1 aromatic carbocycles. The fourth-order valence-corrected chi connectivity index (χ4v) is 1.78. The van der Waals surface area contributed by atoms with Crippen LogP contribution < -0.4 is 11.1 Å². The number of hydrogen-bond acceptors (Lipinski definition) is 4. The van der Waals surface area contributed by atoms with Crippen molar-refractivity contribution in [2.45, 2.75) is 26.4 Å². The number of nitrogens with zero attached hydrogens (tertiary/aromatic N) is 2. The van der Waals surface area contributed by atoms with E-state index in [0.29, 0.717) is 6.54 Å². The van der Waals surface area contributed by atoms with Gasteiger partial charge in [0, 0.05) is 12.6 Å². The van der Waals surface area contributed by atoms with Crippen LogP contribution in [0.25, 0.3) is 0 Å². The summed E-state index contributed by atoms with van der Waals surface area (Å²) in [4.78, 5) is 0. The molecular weight excluding hydrogens is 224 g/mol. The Morgan fingerprint density at radius 1 is 1.28 bits per heavy atom. The lowest BCUT2D eigenvalue weighted by atomic mass is 10.1. The quantitative estimate of drug-likeness (QED) is 0.864. The molecule has 0 fully saturated rings. The Bertz CT molecular complexity index is 507. The Morgan fingerprint density at radius 2 is 2.00 bits per heavy atom. The molecular formula is C14H18N4. The first kappa shape index (κ1) is 12.5. The maximum absolute atomic E-state index is 5.58. The molecule has 18 heavy (non-hydrogen) atoms. The number of nitrogens with two attached hydrogens (primary N) is 1. The molecule has 2 rings (SSSR count). The molecule has 3 N–H and O–H groups in total. The normalized spacial score (nSPS) is 12.2. The van der Waals surface area contributed by atoms with Gasteiger partial charge in [0.2, 0.25) is 0 Å². The highest BCUT2D eigenvalue weighted by atomic mass is 15.2. The molecule has 1 heterocycles. The van der Waals surface area contributed by atoms with Gasteiger partial charge in [-0.2, -0.15) is 5.10 Å². The molecule has 0 aliphatic carbocycles. The number of aryl methyl sites for hydroxylation is 1. The molecule has 0 saturated carbocycles. The second kappa shape index (κ2) is 5.60. The third-order valence-electron chi connectivity index (χ3n) is 2.87. The van der Waals surface area contributed by atoms with Crippen molar-refractivity contribution in [3.05, 3.63) is 53.2 Å². The van der Waals surface area contributed by atoms with Crippen LogP contribution in [0.15, 0.2) is 36.5 Å². The van der Waals surface area contributed by atoms with Gasteiger partial charge in [-0.15, -0.1) is 5.10 Å². The lowest BCUT2D eigenvalue weighted by Crippen LogP contribution is -2.09. The van der Waals surface area contributed by atoms with Crippen molar-refractivity contribution in [3.8, 4) is 0 Å². The summed E-state index contributed by atoms with van der Waals surface area (Å²) in [5, 5.41) is 11.3. The Hall–Kier alpha value is -1.94. The minimum Gasteiger partial charge on any atom is -0.362 e. The first-order valence-electron chi connectivity index (χ1n) is 6.04. The monoisotopic (exact) mass is 242 g/mol. The zero-order valence-corrected chi connectivity index (χ0v) is 10.7. The maximum Gasteiger partial charge on any atom is 0.149 e. The molecule has 1 atom stereocenters. The van der Waals surface area contributed by atoms with Gasteiger partial charge in [-0.25, -0.2) is 0 Å². The number of benzene rings is 1. The van der Waals surface area contributed by atoms with Gasteiger partial charge in [0.1, 0.15) is 5.82 Å². The number of aromatic nitrogens is 2. The largest absolute Gasteiger partial charge is 0.362 e. The predicted molar refractivity (Wildman–Crippen MR) is 73.1 cm³/mol. The van der Waals surface area contributed by atoms with Crippen molar-refractivity contribution in [1.29, 1.82) is 0 Å². The molecule has 2 aromatic rings. The summed E-state index contributed by atoms with van der Waals surface area (Å²) in [7, 11) is 0. The zero-order valence-electron chi connectivity index (χ0n) is 10.7. The van der Waals surface area contributed by atoms with E-state index in [-0.39, 0.29) is 6.04 Å². The smallest absolute Gasteiger partial charge is 0.149 e. The lowest BCUT2D eigenvalue weighted by Gasteiger charge is -2.15. The third kappa shape index (κ3) is 3.05. The first-order chi connectivity index (χ1) is 8.69. The zero-order chi connectivity index (χ0) is 13.0.